The second kappa shape index (κ2) is 9.38. The molecule has 0 aliphatic carbocycles. The van der Waals surface area contributed by atoms with Crippen LogP contribution in [0.1, 0.15) is 25.0 Å². The predicted molar refractivity (Wildman–Crippen MR) is 128 cm³/mol. The Morgan fingerprint density at radius 3 is 2.72 bits per heavy atom. The second-order valence-electron chi connectivity index (χ2n) is 7.80. The van der Waals surface area contributed by atoms with Gasteiger partial charge in [-0.2, -0.15) is 10.4 Å². The van der Waals surface area contributed by atoms with Gasteiger partial charge in [-0.3, -0.25) is 15.8 Å². The van der Waals surface area contributed by atoms with Gasteiger partial charge >= 0.3 is 0 Å². The molecule has 0 radical (unpaired) electrons. The summed E-state index contributed by atoms with van der Waals surface area (Å²) in [5.74, 6) is 0. The van der Waals surface area contributed by atoms with Gasteiger partial charge in [0, 0.05) is 49.7 Å². The molecule has 4 heterocycles. The van der Waals surface area contributed by atoms with Crippen molar-refractivity contribution in [3.63, 3.8) is 0 Å². The van der Waals surface area contributed by atoms with E-state index in [-0.39, 0.29) is 11.1 Å². The van der Waals surface area contributed by atoms with E-state index in [1.54, 1.807) is 16.8 Å². The van der Waals surface area contributed by atoms with Crippen molar-refractivity contribution in [2.24, 2.45) is 0 Å². The number of aromatic nitrogens is 3. The lowest BCUT2D eigenvalue weighted by molar-refractivity contribution is 0.362. The molecule has 164 valence electrons. The molecule has 0 amide bonds. The molecule has 0 unspecified atom stereocenters. The van der Waals surface area contributed by atoms with E-state index in [4.69, 9.17) is 16.1 Å². The summed E-state index contributed by atoms with van der Waals surface area (Å²) in [6.07, 6.45) is 3.22. The van der Waals surface area contributed by atoms with Crippen LogP contribution < -0.4 is 10.6 Å². The van der Waals surface area contributed by atoms with Crippen LogP contribution in [0.5, 0.6) is 0 Å². The van der Waals surface area contributed by atoms with Crippen molar-refractivity contribution >= 4 is 33.2 Å². The van der Waals surface area contributed by atoms with Crippen LogP contribution in [0.2, 0.25) is 0 Å². The summed E-state index contributed by atoms with van der Waals surface area (Å²) in [6, 6.07) is 9.79. The molecule has 0 saturated carbocycles. The molecule has 1 aliphatic heterocycles. The molecule has 10 heteroatoms. The molecule has 0 spiro atoms. The third-order valence-electron chi connectivity index (χ3n) is 5.09. The molecule has 1 saturated heterocycles. The third-order valence-corrected chi connectivity index (χ3v) is 5.96. The van der Waals surface area contributed by atoms with Crippen molar-refractivity contribution in [1.29, 1.82) is 16.1 Å². The zero-order valence-corrected chi connectivity index (χ0v) is 18.8. The van der Waals surface area contributed by atoms with Crippen LogP contribution in [-0.4, -0.2) is 61.9 Å². The molecule has 4 rings (SSSR count). The maximum absolute atomic E-state index is 9.11. The van der Waals surface area contributed by atoms with Crippen LogP contribution in [-0.2, 0) is 0 Å². The molecule has 1 aliphatic rings. The van der Waals surface area contributed by atoms with Gasteiger partial charge in [0.25, 0.3) is 0 Å². The molecule has 3 aromatic heterocycles. The molecule has 3 aromatic rings. The van der Waals surface area contributed by atoms with Crippen molar-refractivity contribution in [2.45, 2.75) is 19.9 Å². The number of anilines is 1. The standard InChI is InChI=1S/C22H25N9S/c1-14(2)29-18-10-19(20-4-3-16-9-15(11-23)12-28-31(16)20)27-13-17(18)21(24)32-22(25)30-7-5-26-6-8-30/h3-4,9-10,12-14,24-26H,5-8H2,1-2H3,(H,27,29). The number of pyridine rings is 1. The average molecular weight is 448 g/mol. The summed E-state index contributed by atoms with van der Waals surface area (Å²) in [4.78, 5) is 6.60. The summed E-state index contributed by atoms with van der Waals surface area (Å²) < 4.78 is 1.75. The van der Waals surface area contributed by atoms with Gasteiger partial charge in [0.1, 0.15) is 11.1 Å². The Labute approximate surface area is 190 Å². The number of rotatable bonds is 4. The molecule has 0 bridgehead atoms. The summed E-state index contributed by atoms with van der Waals surface area (Å²) in [7, 11) is 0. The lowest BCUT2D eigenvalue weighted by Crippen LogP contribution is -2.45. The Morgan fingerprint density at radius 2 is 2.00 bits per heavy atom. The SMILES string of the molecule is CC(C)Nc1cc(-c2ccc3cc(C#N)cnn23)ncc1C(=N)SC(=N)N1CCNCC1. The van der Waals surface area contributed by atoms with Gasteiger partial charge in [-0.1, -0.05) is 0 Å². The van der Waals surface area contributed by atoms with E-state index in [0.29, 0.717) is 22.0 Å². The molecule has 4 N–H and O–H groups in total. The van der Waals surface area contributed by atoms with Crippen LogP contribution in [0.3, 0.4) is 0 Å². The molecule has 0 atom stereocenters. The van der Waals surface area contributed by atoms with E-state index in [0.717, 1.165) is 54.8 Å². The van der Waals surface area contributed by atoms with Gasteiger partial charge in [-0.05, 0) is 49.9 Å². The van der Waals surface area contributed by atoms with Crippen LogP contribution in [0.4, 0.5) is 5.69 Å². The van der Waals surface area contributed by atoms with Crippen LogP contribution >= 0.6 is 11.8 Å². The fourth-order valence-corrected chi connectivity index (χ4v) is 4.32. The summed E-state index contributed by atoms with van der Waals surface area (Å²) in [5, 5.41) is 37.9. The molecule has 9 nitrogen and oxygen atoms in total. The number of nitrogens with one attached hydrogen (secondary N) is 4. The predicted octanol–water partition coefficient (Wildman–Crippen LogP) is 2.99. The molecule has 32 heavy (non-hydrogen) atoms. The fraction of sp³-hybridized carbons (Fsp3) is 0.318. The Kier molecular flexibility index (Phi) is 6.39. The Balaban J connectivity index is 1.64. The third kappa shape index (κ3) is 4.59. The maximum atomic E-state index is 9.11. The first-order valence-corrected chi connectivity index (χ1v) is 11.2. The minimum Gasteiger partial charge on any atom is -0.382 e. The highest BCUT2D eigenvalue weighted by Gasteiger charge is 2.19. The first-order valence-electron chi connectivity index (χ1n) is 10.4. The number of amidine groups is 1. The molecule has 0 aromatic carbocycles. The minimum absolute atomic E-state index is 0.162. The number of hydrogen-bond acceptors (Lipinski definition) is 8. The Hall–Kier alpha value is -3.42. The number of thioether (sulfide) groups is 1. The van der Waals surface area contributed by atoms with E-state index in [1.165, 1.54) is 6.20 Å². The Morgan fingerprint density at radius 1 is 1.22 bits per heavy atom. The van der Waals surface area contributed by atoms with Gasteiger partial charge in [0.15, 0.2) is 5.17 Å². The number of hydrogen-bond donors (Lipinski definition) is 4. The van der Waals surface area contributed by atoms with Crippen molar-refractivity contribution in [2.75, 3.05) is 31.5 Å². The van der Waals surface area contributed by atoms with E-state index in [2.05, 4.69) is 26.8 Å². The van der Waals surface area contributed by atoms with Crippen molar-refractivity contribution in [1.82, 2.24) is 24.8 Å². The maximum Gasteiger partial charge on any atom is 0.162 e. The van der Waals surface area contributed by atoms with Crippen LogP contribution in [0.15, 0.2) is 36.7 Å². The van der Waals surface area contributed by atoms with Crippen molar-refractivity contribution < 1.29 is 0 Å². The zero-order chi connectivity index (χ0) is 22.7. The normalized spacial score (nSPS) is 13.9. The second-order valence-corrected chi connectivity index (χ2v) is 8.80. The van der Waals surface area contributed by atoms with Gasteiger partial charge in [-0.25, -0.2) is 4.52 Å². The first kappa shape index (κ1) is 21.8. The monoisotopic (exact) mass is 447 g/mol. The van der Waals surface area contributed by atoms with E-state index >= 15 is 0 Å². The highest BCUT2D eigenvalue weighted by Crippen LogP contribution is 2.28. The lowest BCUT2D eigenvalue weighted by atomic mass is 10.1. The van der Waals surface area contributed by atoms with Crippen LogP contribution in [0, 0.1) is 22.1 Å². The summed E-state index contributed by atoms with van der Waals surface area (Å²) in [5.41, 5.74) is 4.29. The smallest absolute Gasteiger partial charge is 0.162 e. The largest absolute Gasteiger partial charge is 0.382 e. The lowest BCUT2D eigenvalue weighted by Gasteiger charge is -2.29. The van der Waals surface area contributed by atoms with Crippen LogP contribution in [0.25, 0.3) is 16.9 Å². The van der Waals surface area contributed by atoms with Gasteiger partial charge in [0.05, 0.1) is 28.7 Å². The quantitative estimate of drug-likeness (QED) is 0.357. The number of fused-ring (bicyclic) bond motifs is 1. The minimum atomic E-state index is 0.162. The number of nitriles is 1. The van der Waals surface area contributed by atoms with Crippen molar-refractivity contribution in [3.8, 4) is 17.5 Å². The number of nitrogens with zero attached hydrogens (tertiary/aromatic N) is 5. The highest BCUT2D eigenvalue weighted by molar-refractivity contribution is 8.26. The summed E-state index contributed by atoms with van der Waals surface area (Å²) in [6.45, 7) is 7.33. The number of piperazine rings is 1. The fourth-order valence-electron chi connectivity index (χ4n) is 3.55. The Bertz CT molecular complexity index is 1200. The zero-order valence-electron chi connectivity index (χ0n) is 18.0. The average Bonchev–Trinajstić information content (AvgIpc) is 3.22. The van der Waals surface area contributed by atoms with E-state index < -0.39 is 0 Å². The highest BCUT2D eigenvalue weighted by atomic mass is 32.2. The summed E-state index contributed by atoms with van der Waals surface area (Å²) >= 11 is 1.15. The van der Waals surface area contributed by atoms with Gasteiger partial charge in [0.2, 0.25) is 0 Å². The van der Waals surface area contributed by atoms with E-state index in [1.807, 2.05) is 36.9 Å². The molecule has 1 fully saturated rings. The topological polar surface area (TPSA) is 129 Å². The first-order chi connectivity index (χ1) is 15.5. The van der Waals surface area contributed by atoms with E-state index in [9.17, 15) is 0 Å². The van der Waals surface area contributed by atoms with Gasteiger partial charge in [-0.15, -0.1) is 0 Å². The van der Waals surface area contributed by atoms with Gasteiger partial charge < -0.3 is 15.5 Å². The molecular formula is C22H25N9S. The van der Waals surface area contributed by atoms with Crippen molar-refractivity contribution in [3.05, 3.63) is 47.8 Å². The molecular weight excluding hydrogens is 422 g/mol.